The van der Waals surface area contributed by atoms with Crippen LogP contribution in [-0.4, -0.2) is 18.9 Å². The first-order valence-electron chi connectivity index (χ1n) is 8.04. The molecule has 0 spiro atoms. The average molecular weight is 324 g/mol. The highest BCUT2D eigenvalue weighted by molar-refractivity contribution is 5.95. The number of anilines is 1. The lowest BCUT2D eigenvalue weighted by molar-refractivity contribution is 0.0378. The molecule has 2 heterocycles. The van der Waals surface area contributed by atoms with Crippen molar-refractivity contribution in [1.29, 1.82) is 0 Å². The van der Waals surface area contributed by atoms with Crippen molar-refractivity contribution in [3.05, 3.63) is 53.6 Å². The molecule has 1 fully saturated rings. The molecule has 24 heavy (non-hydrogen) atoms. The zero-order chi connectivity index (χ0) is 16.9. The van der Waals surface area contributed by atoms with E-state index in [-0.39, 0.29) is 12.1 Å². The minimum Gasteiger partial charge on any atom is -0.497 e. The van der Waals surface area contributed by atoms with Crippen LogP contribution in [0.2, 0.25) is 0 Å². The molecule has 2 aliphatic heterocycles. The van der Waals surface area contributed by atoms with E-state index in [1.54, 1.807) is 12.0 Å². The Morgan fingerprint density at radius 3 is 2.92 bits per heavy atom. The number of carbonyl (C=O) groups excluding carboxylic acids is 1. The van der Waals surface area contributed by atoms with Gasteiger partial charge in [-0.05, 0) is 32.0 Å². The van der Waals surface area contributed by atoms with Crippen molar-refractivity contribution in [2.45, 2.75) is 32.0 Å². The van der Waals surface area contributed by atoms with Crippen LogP contribution in [0.4, 0.5) is 10.5 Å². The van der Waals surface area contributed by atoms with Gasteiger partial charge in [-0.2, -0.15) is 0 Å². The van der Waals surface area contributed by atoms with Crippen LogP contribution in [0.3, 0.4) is 0 Å². The lowest BCUT2D eigenvalue weighted by Gasteiger charge is -2.50. The highest BCUT2D eigenvalue weighted by atomic mass is 16.5. The average Bonchev–Trinajstić information content (AvgIpc) is 2.55. The molecular weight excluding hydrogens is 304 g/mol. The molecule has 0 aromatic heterocycles. The van der Waals surface area contributed by atoms with E-state index in [4.69, 9.17) is 9.47 Å². The molecule has 0 saturated carbocycles. The molecule has 2 aromatic carbocycles. The van der Waals surface area contributed by atoms with Gasteiger partial charge in [-0.15, -0.1) is 0 Å². The number of carbonyl (C=O) groups is 1. The molecule has 2 amide bonds. The van der Waals surface area contributed by atoms with Crippen molar-refractivity contribution in [2.24, 2.45) is 0 Å². The molecular formula is C19H20N2O3. The Morgan fingerprint density at radius 2 is 2.12 bits per heavy atom. The maximum absolute atomic E-state index is 12.8. The second-order valence-corrected chi connectivity index (χ2v) is 6.56. The maximum Gasteiger partial charge on any atom is 0.325 e. The van der Waals surface area contributed by atoms with Gasteiger partial charge in [-0.1, -0.05) is 23.8 Å². The van der Waals surface area contributed by atoms with Gasteiger partial charge >= 0.3 is 6.03 Å². The van der Waals surface area contributed by atoms with E-state index in [1.165, 1.54) is 0 Å². The number of aryl methyl sites for hydroxylation is 1. The first kappa shape index (κ1) is 14.9. The van der Waals surface area contributed by atoms with Crippen molar-refractivity contribution in [3.63, 3.8) is 0 Å². The minimum atomic E-state index is -0.735. The molecule has 2 bridgehead atoms. The fourth-order valence-corrected chi connectivity index (χ4v) is 3.63. The van der Waals surface area contributed by atoms with Crippen LogP contribution in [0.15, 0.2) is 42.5 Å². The van der Waals surface area contributed by atoms with Gasteiger partial charge < -0.3 is 14.8 Å². The Hall–Kier alpha value is -2.69. The predicted octanol–water partition coefficient (Wildman–Crippen LogP) is 3.77. The van der Waals surface area contributed by atoms with Crippen molar-refractivity contribution in [3.8, 4) is 11.5 Å². The summed E-state index contributed by atoms with van der Waals surface area (Å²) < 4.78 is 11.6. The molecule has 1 saturated heterocycles. The van der Waals surface area contributed by atoms with Gasteiger partial charge in [0.25, 0.3) is 0 Å². The van der Waals surface area contributed by atoms with E-state index in [0.29, 0.717) is 12.2 Å². The van der Waals surface area contributed by atoms with Crippen molar-refractivity contribution in [1.82, 2.24) is 5.32 Å². The minimum absolute atomic E-state index is 0.0343. The van der Waals surface area contributed by atoms with E-state index in [2.05, 4.69) is 11.4 Å². The number of ether oxygens (including phenoxy) is 2. The number of benzene rings is 2. The summed E-state index contributed by atoms with van der Waals surface area (Å²) >= 11 is 0. The van der Waals surface area contributed by atoms with Crippen LogP contribution >= 0.6 is 0 Å². The number of nitrogens with one attached hydrogen (secondary N) is 1. The highest BCUT2D eigenvalue weighted by Gasteiger charge is 2.49. The number of nitrogens with zero attached hydrogens (tertiary/aromatic N) is 1. The number of urea groups is 1. The monoisotopic (exact) mass is 324 g/mol. The Labute approximate surface area is 141 Å². The van der Waals surface area contributed by atoms with Crippen molar-refractivity contribution in [2.75, 3.05) is 12.0 Å². The summed E-state index contributed by atoms with van der Waals surface area (Å²) in [6.45, 7) is 4.00. The zero-order valence-corrected chi connectivity index (χ0v) is 14.0. The first-order valence-corrected chi connectivity index (χ1v) is 8.04. The molecule has 2 unspecified atom stereocenters. The third-order valence-corrected chi connectivity index (χ3v) is 4.74. The lowest BCUT2D eigenvalue weighted by Crippen LogP contribution is -2.65. The summed E-state index contributed by atoms with van der Waals surface area (Å²) in [6.07, 6.45) is 0.687. The third kappa shape index (κ3) is 2.19. The standard InChI is InChI=1S/C19H20N2O3/c1-12-7-8-17-15(9-12)16-11-19(2,24-17)21(18(22)20-16)13-5-4-6-14(10-13)23-3/h4-10,16H,11H2,1-3H3,(H,20,22). The van der Waals surface area contributed by atoms with E-state index in [9.17, 15) is 4.79 Å². The Balaban J connectivity index is 1.79. The highest BCUT2D eigenvalue weighted by Crippen LogP contribution is 2.46. The lowest BCUT2D eigenvalue weighted by atomic mass is 9.89. The number of fused-ring (bicyclic) bond motifs is 4. The van der Waals surface area contributed by atoms with Crippen LogP contribution in [0.1, 0.15) is 30.5 Å². The molecule has 2 aliphatic rings. The topological polar surface area (TPSA) is 50.8 Å². The summed E-state index contributed by atoms with van der Waals surface area (Å²) in [6, 6.07) is 13.4. The Kier molecular flexibility index (Phi) is 3.20. The summed E-state index contributed by atoms with van der Waals surface area (Å²) in [5.74, 6) is 1.53. The van der Waals surface area contributed by atoms with Crippen LogP contribution in [0, 0.1) is 6.92 Å². The Bertz CT molecular complexity index is 820. The van der Waals surface area contributed by atoms with Gasteiger partial charge in [-0.3, -0.25) is 4.90 Å². The fourth-order valence-electron chi connectivity index (χ4n) is 3.63. The molecule has 2 aromatic rings. The van der Waals surface area contributed by atoms with Crippen LogP contribution in [-0.2, 0) is 0 Å². The third-order valence-electron chi connectivity index (χ3n) is 4.74. The molecule has 5 heteroatoms. The molecule has 5 nitrogen and oxygen atoms in total. The van der Waals surface area contributed by atoms with Gasteiger partial charge in [0.1, 0.15) is 11.5 Å². The molecule has 4 rings (SSSR count). The van der Waals surface area contributed by atoms with Gasteiger partial charge in [0.05, 0.1) is 18.8 Å². The second kappa shape index (κ2) is 5.16. The van der Waals surface area contributed by atoms with E-state index < -0.39 is 5.72 Å². The largest absolute Gasteiger partial charge is 0.497 e. The number of hydrogen-bond acceptors (Lipinski definition) is 3. The normalized spacial score (nSPS) is 24.7. The first-order chi connectivity index (χ1) is 11.5. The van der Waals surface area contributed by atoms with E-state index in [1.807, 2.05) is 50.2 Å². The number of methoxy groups -OCH3 is 1. The van der Waals surface area contributed by atoms with Crippen LogP contribution in [0.5, 0.6) is 11.5 Å². The van der Waals surface area contributed by atoms with Gasteiger partial charge in [-0.25, -0.2) is 4.79 Å². The quantitative estimate of drug-likeness (QED) is 0.915. The molecule has 0 radical (unpaired) electrons. The van der Waals surface area contributed by atoms with Gasteiger partial charge in [0, 0.05) is 18.1 Å². The summed E-state index contributed by atoms with van der Waals surface area (Å²) in [5, 5.41) is 3.11. The summed E-state index contributed by atoms with van der Waals surface area (Å²) in [4.78, 5) is 14.5. The molecule has 1 N–H and O–H groups in total. The zero-order valence-electron chi connectivity index (χ0n) is 14.0. The molecule has 0 aliphatic carbocycles. The van der Waals surface area contributed by atoms with Crippen molar-refractivity contribution >= 4 is 11.7 Å². The number of amides is 2. The predicted molar refractivity (Wildman–Crippen MR) is 91.6 cm³/mol. The maximum atomic E-state index is 12.8. The number of rotatable bonds is 2. The summed E-state index contributed by atoms with van der Waals surface area (Å²) in [5.41, 5.74) is 2.22. The van der Waals surface area contributed by atoms with Crippen LogP contribution in [0.25, 0.3) is 0 Å². The van der Waals surface area contributed by atoms with Crippen molar-refractivity contribution < 1.29 is 14.3 Å². The molecule has 2 atom stereocenters. The van der Waals surface area contributed by atoms with Crippen LogP contribution < -0.4 is 19.7 Å². The molecule has 124 valence electrons. The smallest absolute Gasteiger partial charge is 0.325 e. The van der Waals surface area contributed by atoms with E-state index in [0.717, 1.165) is 22.6 Å². The number of hydrogen-bond donors (Lipinski definition) is 1. The second-order valence-electron chi connectivity index (χ2n) is 6.56. The van der Waals surface area contributed by atoms with Gasteiger partial charge in [0.15, 0.2) is 5.72 Å². The summed E-state index contributed by atoms with van der Waals surface area (Å²) in [7, 11) is 1.61. The Morgan fingerprint density at radius 1 is 1.29 bits per heavy atom. The van der Waals surface area contributed by atoms with E-state index >= 15 is 0 Å². The fraction of sp³-hybridized carbons (Fsp3) is 0.316. The SMILES string of the molecule is COc1cccc(N2C(=O)NC3CC2(C)Oc2ccc(C)cc23)c1. The van der Waals surface area contributed by atoms with Gasteiger partial charge in [0.2, 0.25) is 0 Å².